The van der Waals surface area contributed by atoms with Gasteiger partial charge in [-0.1, -0.05) is 36.4 Å². The van der Waals surface area contributed by atoms with E-state index in [2.05, 4.69) is 0 Å². The Morgan fingerprint density at radius 1 is 1.08 bits per heavy atom. The highest BCUT2D eigenvalue weighted by atomic mass is 35.5. The summed E-state index contributed by atoms with van der Waals surface area (Å²) >= 11 is 0. The van der Waals surface area contributed by atoms with Gasteiger partial charge in [-0.3, -0.25) is 0 Å². The maximum atomic E-state index is 11.5. The number of benzene rings is 2. The van der Waals surface area contributed by atoms with E-state index in [1.165, 1.54) is 0 Å². The lowest BCUT2D eigenvalue weighted by Crippen LogP contribution is -2.30. The number of rotatable bonds is 8. The highest BCUT2D eigenvalue weighted by Gasteiger charge is 2.18. The smallest absolute Gasteiger partial charge is 0.343 e. The maximum Gasteiger partial charge on any atom is 0.343 e. The summed E-state index contributed by atoms with van der Waals surface area (Å²) in [5.74, 6) is -0.512. The van der Waals surface area contributed by atoms with Crippen LogP contribution in [0, 0.1) is 0 Å². The van der Waals surface area contributed by atoms with Gasteiger partial charge in [0.15, 0.2) is 0 Å². The van der Waals surface area contributed by atoms with Gasteiger partial charge in [0.25, 0.3) is 0 Å². The first-order chi connectivity index (χ1) is 11.1. The van der Waals surface area contributed by atoms with Crippen molar-refractivity contribution in [1.29, 1.82) is 0 Å². The number of carbonyl (C=O) groups is 1. The van der Waals surface area contributed by atoms with Gasteiger partial charge < -0.3 is 20.3 Å². The number of carboxylic acid groups (broad SMARTS) is 1. The standard InChI is InChI=1S/C18H21NO4.ClH/c1-2-22-15-9-6-10-16(17(15)18(20)21)23-12-14(19)11-13-7-4-3-5-8-13;/h3-10,14H,2,11-12,19H2,1H3,(H,20,21);1H/t14-;/m1./s1. The predicted octanol–water partition coefficient (Wildman–Crippen LogP) is 3.15. The third-order valence-corrected chi connectivity index (χ3v) is 3.30. The number of hydrogen-bond acceptors (Lipinski definition) is 4. The first-order valence-electron chi connectivity index (χ1n) is 7.53. The Labute approximate surface area is 147 Å². The van der Waals surface area contributed by atoms with Crippen molar-refractivity contribution in [3.63, 3.8) is 0 Å². The summed E-state index contributed by atoms with van der Waals surface area (Å²) in [7, 11) is 0. The van der Waals surface area contributed by atoms with Crippen LogP contribution in [0.4, 0.5) is 0 Å². The normalized spacial score (nSPS) is 11.2. The number of halogens is 1. The Bertz CT molecular complexity index is 649. The molecule has 24 heavy (non-hydrogen) atoms. The van der Waals surface area contributed by atoms with Crippen molar-refractivity contribution in [3.05, 3.63) is 59.7 Å². The first kappa shape index (κ1) is 19.8. The number of aromatic carboxylic acids is 1. The molecule has 0 saturated carbocycles. The van der Waals surface area contributed by atoms with E-state index < -0.39 is 5.97 Å². The molecular weight excluding hydrogens is 330 g/mol. The van der Waals surface area contributed by atoms with Crippen LogP contribution in [0.25, 0.3) is 0 Å². The number of ether oxygens (including phenoxy) is 2. The molecule has 0 aliphatic heterocycles. The van der Waals surface area contributed by atoms with E-state index in [0.29, 0.717) is 18.8 Å². The molecule has 0 heterocycles. The number of nitrogens with two attached hydrogens (primary N) is 1. The van der Waals surface area contributed by atoms with Crippen molar-refractivity contribution < 1.29 is 19.4 Å². The van der Waals surface area contributed by atoms with Gasteiger partial charge in [0.05, 0.1) is 6.61 Å². The van der Waals surface area contributed by atoms with Crippen LogP contribution in [0.1, 0.15) is 22.8 Å². The summed E-state index contributed by atoms with van der Waals surface area (Å²) < 4.78 is 11.0. The minimum absolute atomic E-state index is 0. The molecule has 130 valence electrons. The molecule has 0 radical (unpaired) electrons. The Hall–Kier alpha value is -2.24. The van der Waals surface area contributed by atoms with E-state index >= 15 is 0 Å². The van der Waals surface area contributed by atoms with Crippen molar-refractivity contribution in [2.45, 2.75) is 19.4 Å². The van der Waals surface area contributed by atoms with Gasteiger partial charge in [-0.05, 0) is 31.0 Å². The quantitative estimate of drug-likeness (QED) is 0.763. The predicted molar refractivity (Wildman–Crippen MR) is 95.4 cm³/mol. The molecule has 0 amide bonds. The Morgan fingerprint density at radius 3 is 2.29 bits per heavy atom. The topological polar surface area (TPSA) is 81.8 Å². The molecule has 2 aromatic rings. The third-order valence-electron chi connectivity index (χ3n) is 3.30. The van der Waals surface area contributed by atoms with E-state index in [-0.39, 0.29) is 36.4 Å². The number of carboxylic acids is 1. The van der Waals surface area contributed by atoms with Crippen LogP contribution >= 0.6 is 12.4 Å². The lowest BCUT2D eigenvalue weighted by molar-refractivity contribution is 0.0687. The van der Waals surface area contributed by atoms with Gasteiger partial charge in [-0.25, -0.2) is 4.79 Å². The van der Waals surface area contributed by atoms with Gasteiger partial charge in [-0.15, -0.1) is 12.4 Å². The Morgan fingerprint density at radius 2 is 1.71 bits per heavy atom. The molecule has 0 spiro atoms. The molecule has 0 aromatic heterocycles. The lowest BCUT2D eigenvalue weighted by atomic mass is 10.1. The van der Waals surface area contributed by atoms with Crippen LogP contribution in [0.15, 0.2) is 48.5 Å². The van der Waals surface area contributed by atoms with E-state index in [9.17, 15) is 9.90 Å². The Kier molecular flexibility index (Phi) is 8.09. The van der Waals surface area contributed by atoms with Crippen molar-refractivity contribution in [2.75, 3.05) is 13.2 Å². The second kappa shape index (κ2) is 9.80. The van der Waals surface area contributed by atoms with Gasteiger partial charge in [0.2, 0.25) is 0 Å². The summed E-state index contributed by atoms with van der Waals surface area (Å²) in [6, 6.07) is 14.6. The van der Waals surface area contributed by atoms with Crippen molar-refractivity contribution >= 4 is 18.4 Å². The third kappa shape index (κ3) is 5.44. The molecule has 2 rings (SSSR count). The zero-order valence-electron chi connectivity index (χ0n) is 13.5. The molecule has 2 aromatic carbocycles. The molecule has 5 nitrogen and oxygen atoms in total. The molecule has 0 fully saturated rings. The van der Waals surface area contributed by atoms with Crippen LogP contribution in [-0.2, 0) is 6.42 Å². The van der Waals surface area contributed by atoms with Crippen LogP contribution in [0.3, 0.4) is 0 Å². The average molecular weight is 352 g/mol. The fourth-order valence-electron chi connectivity index (χ4n) is 2.29. The summed E-state index contributed by atoms with van der Waals surface area (Å²) in [4.78, 5) is 11.5. The van der Waals surface area contributed by atoms with Crippen molar-refractivity contribution in [1.82, 2.24) is 0 Å². The summed E-state index contributed by atoms with van der Waals surface area (Å²) in [6.07, 6.45) is 0.661. The SMILES string of the molecule is CCOc1cccc(OC[C@H](N)Cc2ccccc2)c1C(=O)O.Cl. The van der Waals surface area contributed by atoms with Crippen LogP contribution in [0.5, 0.6) is 11.5 Å². The zero-order valence-corrected chi connectivity index (χ0v) is 14.3. The summed E-state index contributed by atoms with van der Waals surface area (Å²) in [5.41, 5.74) is 7.22. The fourth-order valence-corrected chi connectivity index (χ4v) is 2.29. The second-order valence-electron chi connectivity index (χ2n) is 5.13. The Balaban J connectivity index is 0.00000288. The van der Waals surface area contributed by atoms with Gasteiger partial charge >= 0.3 is 5.97 Å². The largest absolute Gasteiger partial charge is 0.493 e. The molecule has 6 heteroatoms. The maximum absolute atomic E-state index is 11.5. The molecule has 0 aliphatic carbocycles. The van der Waals surface area contributed by atoms with Crippen LogP contribution in [0.2, 0.25) is 0 Å². The monoisotopic (exact) mass is 351 g/mol. The highest BCUT2D eigenvalue weighted by Crippen LogP contribution is 2.28. The number of hydrogen-bond donors (Lipinski definition) is 2. The minimum Gasteiger partial charge on any atom is -0.493 e. The van der Waals surface area contributed by atoms with Crippen molar-refractivity contribution in [3.8, 4) is 11.5 Å². The van der Waals surface area contributed by atoms with E-state index in [1.807, 2.05) is 30.3 Å². The van der Waals surface area contributed by atoms with E-state index in [1.54, 1.807) is 25.1 Å². The molecule has 3 N–H and O–H groups in total. The zero-order chi connectivity index (χ0) is 16.7. The lowest BCUT2D eigenvalue weighted by Gasteiger charge is -2.16. The van der Waals surface area contributed by atoms with E-state index in [4.69, 9.17) is 15.2 Å². The average Bonchev–Trinajstić information content (AvgIpc) is 2.54. The molecule has 0 saturated heterocycles. The minimum atomic E-state index is -1.08. The summed E-state index contributed by atoms with van der Waals surface area (Å²) in [5, 5.41) is 9.38. The van der Waals surface area contributed by atoms with Gasteiger partial charge in [0, 0.05) is 6.04 Å². The van der Waals surface area contributed by atoms with E-state index in [0.717, 1.165) is 5.56 Å². The fraction of sp³-hybridized carbons (Fsp3) is 0.278. The van der Waals surface area contributed by atoms with Crippen LogP contribution in [-0.4, -0.2) is 30.3 Å². The van der Waals surface area contributed by atoms with Crippen molar-refractivity contribution in [2.24, 2.45) is 5.73 Å². The molecular formula is C18H22ClNO4. The highest BCUT2D eigenvalue weighted by molar-refractivity contribution is 5.94. The molecule has 0 bridgehead atoms. The molecule has 0 unspecified atom stereocenters. The molecule has 0 aliphatic rings. The van der Waals surface area contributed by atoms with Gasteiger partial charge in [-0.2, -0.15) is 0 Å². The summed E-state index contributed by atoms with van der Waals surface area (Å²) in [6.45, 7) is 2.41. The van der Waals surface area contributed by atoms with Gasteiger partial charge in [0.1, 0.15) is 23.7 Å². The van der Waals surface area contributed by atoms with Crippen LogP contribution < -0.4 is 15.2 Å². The molecule has 1 atom stereocenters. The second-order valence-corrected chi connectivity index (χ2v) is 5.13. The first-order valence-corrected chi connectivity index (χ1v) is 7.53.